The predicted octanol–water partition coefficient (Wildman–Crippen LogP) is 1.92. The number of rotatable bonds is 7. The highest BCUT2D eigenvalue weighted by atomic mass is 16.5. The summed E-state index contributed by atoms with van der Waals surface area (Å²) in [4.78, 5) is 11.2. The van der Waals surface area contributed by atoms with Gasteiger partial charge in [0.1, 0.15) is 18.5 Å². The zero-order valence-corrected chi connectivity index (χ0v) is 13.3. The van der Waals surface area contributed by atoms with Gasteiger partial charge in [-0.2, -0.15) is 4.98 Å². The molecular formula is C15H26N4O2. The van der Waals surface area contributed by atoms with Crippen LogP contribution in [0.3, 0.4) is 0 Å². The van der Waals surface area contributed by atoms with Gasteiger partial charge in [-0.15, -0.1) is 0 Å². The predicted molar refractivity (Wildman–Crippen MR) is 82.7 cm³/mol. The van der Waals surface area contributed by atoms with E-state index in [2.05, 4.69) is 27.2 Å². The first kappa shape index (κ1) is 16.0. The molecule has 0 amide bonds. The van der Waals surface area contributed by atoms with Gasteiger partial charge in [-0.3, -0.25) is 0 Å². The number of hydrogen-bond donors (Lipinski definition) is 1. The Morgan fingerprint density at radius 1 is 1.29 bits per heavy atom. The van der Waals surface area contributed by atoms with Crippen LogP contribution in [-0.4, -0.2) is 54.3 Å². The summed E-state index contributed by atoms with van der Waals surface area (Å²) in [6.07, 6.45) is 2.32. The van der Waals surface area contributed by atoms with Crippen molar-refractivity contribution >= 4 is 5.82 Å². The molecule has 6 heteroatoms. The lowest BCUT2D eigenvalue weighted by Crippen LogP contribution is -2.35. The van der Waals surface area contributed by atoms with Gasteiger partial charge in [-0.05, 0) is 33.7 Å². The first-order chi connectivity index (χ1) is 10.2. The van der Waals surface area contributed by atoms with Crippen LogP contribution in [-0.2, 0) is 11.3 Å². The Morgan fingerprint density at radius 3 is 2.71 bits per heavy atom. The first-order valence-corrected chi connectivity index (χ1v) is 7.76. The van der Waals surface area contributed by atoms with Crippen molar-refractivity contribution in [2.24, 2.45) is 0 Å². The molecule has 21 heavy (non-hydrogen) atoms. The minimum atomic E-state index is 0.241. The van der Waals surface area contributed by atoms with Gasteiger partial charge in [0.2, 0.25) is 5.88 Å². The van der Waals surface area contributed by atoms with Crippen LogP contribution in [0.2, 0.25) is 0 Å². The van der Waals surface area contributed by atoms with Crippen LogP contribution in [0.5, 0.6) is 5.88 Å². The molecule has 0 aromatic carbocycles. The fourth-order valence-electron chi connectivity index (χ4n) is 2.34. The van der Waals surface area contributed by atoms with Gasteiger partial charge < -0.3 is 19.7 Å². The molecule has 0 radical (unpaired) electrons. The van der Waals surface area contributed by atoms with Crippen molar-refractivity contribution in [3.8, 4) is 5.88 Å². The lowest BCUT2D eigenvalue weighted by Gasteiger charge is -2.29. The Balaban J connectivity index is 2.03. The number of nitrogens with one attached hydrogen (secondary N) is 1. The van der Waals surface area contributed by atoms with Gasteiger partial charge in [-0.25, -0.2) is 4.98 Å². The smallest absolute Gasteiger partial charge is 0.219 e. The van der Waals surface area contributed by atoms with E-state index in [1.807, 2.05) is 19.9 Å². The molecular weight excluding hydrogens is 268 g/mol. The van der Waals surface area contributed by atoms with Crippen LogP contribution < -0.4 is 10.1 Å². The second-order valence-corrected chi connectivity index (χ2v) is 5.30. The summed E-state index contributed by atoms with van der Waals surface area (Å²) in [5.74, 6) is 2.11. The number of aromatic nitrogens is 2. The minimum Gasteiger partial charge on any atom is -0.474 e. The molecule has 1 aromatic rings. The molecule has 2 heterocycles. The Morgan fingerprint density at radius 2 is 2.05 bits per heavy atom. The van der Waals surface area contributed by atoms with E-state index >= 15 is 0 Å². The van der Waals surface area contributed by atoms with Gasteiger partial charge >= 0.3 is 0 Å². The van der Waals surface area contributed by atoms with Crippen molar-refractivity contribution in [2.45, 2.75) is 39.4 Å². The first-order valence-electron chi connectivity index (χ1n) is 7.76. The molecule has 1 fully saturated rings. The van der Waals surface area contributed by atoms with Crippen LogP contribution in [0.25, 0.3) is 0 Å². The van der Waals surface area contributed by atoms with Gasteiger partial charge in [0.25, 0.3) is 0 Å². The third-order valence-electron chi connectivity index (χ3n) is 3.50. The summed E-state index contributed by atoms with van der Waals surface area (Å²) in [7, 11) is 2.14. The zero-order chi connectivity index (χ0) is 15.1. The lowest BCUT2D eigenvalue weighted by molar-refractivity contribution is 0.106. The molecule has 1 aromatic heterocycles. The second kappa shape index (κ2) is 8.14. The van der Waals surface area contributed by atoms with Gasteiger partial charge in [0, 0.05) is 32.3 Å². The van der Waals surface area contributed by atoms with E-state index in [0.29, 0.717) is 24.9 Å². The van der Waals surface area contributed by atoms with E-state index in [4.69, 9.17) is 9.47 Å². The number of likely N-dealkylation sites (tertiary alicyclic amines) is 1. The maximum Gasteiger partial charge on any atom is 0.219 e. The largest absolute Gasteiger partial charge is 0.474 e. The van der Waals surface area contributed by atoms with Gasteiger partial charge in [0.15, 0.2) is 5.82 Å². The molecule has 1 aliphatic rings. The molecule has 0 saturated carbocycles. The third kappa shape index (κ3) is 5.13. The molecule has 0 aliphatic carbocycles. The molecule has 1 aliphatic heterocycles. The Kier molecular flexibility index (Phi) is 6.20. The Bertz CT molecular complexity index is 434. The van der Waals surface area contributed by atoms with Gasteiger partial charge in [0.05, 0.1) is 0 Å². The summed E-state index contributed by atoms with van der Waals surface area (Å²) in [6, 6.07) is 1.87. The van der Waals surface area contributed by atoms with Crippen LogP contribution in [0.15, 0.2) is 6.07 Å². The molecule has 1 saturated heterocycles. The van der Waals surface area contributed by atoms with Crippen molar-refractivity contribution in [1.29, 1.82) is 0 Å². The minimum absolute atomic E-state index is 0.241. The maximum atomic E-state index is 6.04. The standard InChI is InChI=1S/C15H26N4O2/c1-4-16-13-10-15(18-14(17-13)11-20-5-2)21-12-6-8-19(3)9-7-12/h10,12H,4-9,11H2,1-3H3,(H,16,17,18). The van der Waals surface area contributed by atoms with E-state index in [9.17, 15) is 0 Å². The molecule has 118 valence electrons. The van der Waals surface area contributed by atoms with E-state index in [-0.39, 0.29) is 6.10 Å². The monoisotopic (exact) mass is 294 g/mol. The fraction of sp³-hybridized carbons (Fsp3) is 0.733. The van der Waals surface area contributed by atoms with Crippen molar-refractivity contribution in [3.05, 3.63) is 11.9 Å². The topological polar surface area (TPSA) is 59.5 Å². The molecule has 2 rings (SSSR count). The van der Waals surface area contributed by atoms with Crippen molar-refractivity contribution in [2.75, 3.05) is 38.6 Å². The lowest BCUT2D eigenvalue weighted by atomic mass is 10.1. The van der Waals surface area contributed by atoms with E-state index in [1.165, 1.54) is 0 Å². The van der Waals surface area contributed by atoms with Crippen LogP contribution in [0.4, 0.5) is 5.82 Å². The number of piperidine rings is 1. The third-order valence-corrected chi connectivity index (χ3v) is 3.50. The summed E-state index contributed by atoms with van der Waals surface area (Å²) in [5.41, 5.74) is 0. The van der Waals surface area contributed by atoms with E-state index in [1.54, 1.807) is 0 Å². The van der Waals surface area contributed by atoms with Gasteiger partial charge in [-0.1, -0.05) is 0 Å². The number of anilines is 1. The molecule has 0 spiro atoms. The summed E-state index contributed by atoms with van der Waals surface area (Å²) in [5, 5.41) is 3.21. The highest BCUT2D eigenvalue weighted by Gasteiger charge is 2.19. The summed E-state index contributed by atoms with van der Waals surface area (Å²) < 4.78 is 11.4. The second-order valence-electron chi connectivity index (χ2n) is 5.30. The number of nitrogens with zero attached hydrogens (tertiary/aromatic N) is 3. The average molecular weight is 294 g/mol. The van der Waals surface area contributed by atoms with E-state index < -0.39 is 0 Å². The van der Waals surface area contributed by atoms with Crippen LogP contribution >= 0.6 is 0 Å². The molecule has 0 bridgehead atoms. The molecule has 0 unspecified atom stereocenters. The number of ether oxygens (including phenoxy) is 2. The molecule has 1 N–H and O–H groups in total. The summed E-state index contributed by atoms with van der Waals surface area (Å²) in [6.45, 7) is 8.04. The average Bonchev–Trinajstić information content (AvgIpc) is 2.48. The Hall–Kier alpha value is -1.40. The SMILES string of the molecule is CCNc1cc(OC2CCN(C)CC2)nc(COCC)n1. The molecule has 6 nitrogen and oxygen atoms in total. The normalized spacial score (nSPS) is 16.9. The Labute approximate surface area is 126 Å². The van der Waals surface area contributed by atoms with Crippen molar-refractivity contribution in [1.82, 2.24) is 14.9 Å². The molecule has 0 atom stereocenters. The fourth-order valence-corrected chi connectivity index (χ4v) is 2.34. The van der Waals surface area contributed by atoms with Crippen molar-refractivity contribution in [3.63, 3.8) is 0 Å². The van der Waals surface area contributed by atoms with Crippen LogP contribution in [0.1, 0.15) is 32.5 Å². The quantitative estimate of drug-likeness (QED) is 0.829. The highest BCUT2D eigenvalue weighted by Crippen LogP contribution is 2.19. The summed E-state index contributed by atoms with van der Waals surface area (Å²) >= 11 is 0. The zero-order valence-electron chi connectivity index (χ0n) is 13.3. The highest BCUT2D eigenvalue weighted by molar-refractivity contribution is 5.38. The van der Waals surface area contributed by atoms with Crippen molar-refractivity contribution < 1.29 is 9.47 Å². The number of hydrogen-bond acceptors (Lipinski definition) is 6. The maximum absolute atomic E-state index is 6.04. The van der Waals surface area contributed by atoms with E-state index in [0.717, 1.165) is 38.3 Å². The van der Waals surface area contributed by atoms with Crippen LogP contribution in [0, 0.1) is 0 Å².